The maximum absolute atomic E-state index is 11.6. The summed E-state index contributed by atoms with van der Waals surface area (Å²) in [5.41, 5.74) is 4.81. The molecule has 2 aromatic rings. The molecule has 3 heteroatoms. The molecular formula is C20H24N2O. The average molecular weight is 308 g/mol. The average Bonchev–Trinajstić information content (AvgIpc) is 2.55. The van der Waals surface area contributed by atoms with E-state index in [0.717, 1.165) is 43.7 Å². The quantitative estimate of drug-likeness (QED) is 0.866. The number of piperidine rings is 1. The Bertz CT molecular complexity index is 696. The zero-order valence-corrected chi connectivity index (χ0v) is 14.0. The first kappa shape index (κ1) is 15.7. The minimum absolute atomic E-state index is 0.172. The summed E-state index contributed by atoms with van der Waals surface area (Å²) in [5.74, 6) is 0.538. The second-order valence-electron chi connectivity index (χ2n) is 6.52. The standard InChI is InChI=1S/C20H24N2O/c1-15-6-3-7-17(12-15)13-19-9-4-10-20(21-19)18-8-5-11-22(14-18)16(2)23/h3-4,6-7,9-10,12,18H,5,8,11,13-14H2,1-2H3/t18-/m1/s1. The van der Waals surface area contributed by atoms with Crippen molar-refractivity contribution in [2.24, 2.45) is 0 Å². The van der Waals surface area contributed by atoms with E-state index in [2.05, 4.69) is 49.4 Å². The van der Waals surface area contributed by atoms with Crippen LogP contribution in [0.25, 0.3) is 0 Å². The van der Waals surface area contributed by atoms with Crippen molar-refractivity contribution in [1.29, 1.82) is 0 Å². The highest BCUT2D eigenvalue weighted by Crippen LogP contribution is 2.26. The van der Waals surface area contributed by atoms with Crippen molar-refractivity contribution >= 4 is 5.91 Å². The van der Waals surface area contributed by atoms with Crippen LogP contribution in [-0.4, -0.2) is 28.9 Å². The van der Waals surface area contributed by atoms with Crippen LogP contribution in [0.4, 0.5) is 0 Å². The van der Waals surface area contributed by atoms with Crippen molar-refractivity contribution in [3.8, 4) is 0 Å². The van der Waals surface area contributed by atoms with Crippen LogP contribution in [-0.2, 0) is 11.2 Å². The summed E-state index contributed by atoms with van der Waals surface area (Å²) in [6.07, 6.45) is 3.04. The summed E-state index contributed by atoms with van der Waals surface area (Å²) in [4.78, 5) is 18.4. The number of likely N-dealkylation sites (tertiary alicyclic amines) is 1. The molecule has 1 saturated heterocycles. The fourth-order valence-electron chi connectivity index (χ4n) is 3.36. The third kappa shape index (κ3) is 3.98. The van der Waals surface area contributed by atoms with Gasteiger partial charge in [-0.15, -0.1) is 0 Å². The smallest absolute Gasteiger partial charge is 0.219 e. The van der Waals surface area contributed by atoms with Gasteiger partial charge in [0.2, 0.25) is 5.91 Å². The minimum atomic E-state index is 0.172. The number of amides is 1. The number of benzene rings is 1. The zero-order valence-electron chi connectivity index (χ0n) is 14.0. The van der Waals surface area contributed by atoms with Crippen molar-refractivity contribution < 1.29 is 4.79 Å². The van der Waals surface area contributed by atoms with E-state index >= 15 is 0 Å². The molecule has 3 nitrogen and oxygen atoms in total. The summed E-state index contributed by atoms with van der Waals surface area (Å²) < 4.78 is 0. The van der Waals surface area contributed by atoms with Crippen LogP contribution in [0.5, 0.6) is 0 Å². The first-order valence-corrected chi connectivity index (χ1v) is 8.39. The van der Waals surface area contributed by atoms with E-state index in [1.54, 1.807) is 6.92 Å². The predicted molar refractivity (Wildman–Crippen MR) is 92.5 cm³/mol. The van der Waals surface area contributed by atoms with Crippen LogP contribution in [0.1, 0.15) is 48.2 Å². The van der Waals surface area contributed by atoms with E-state index < -0.39 is 0 Å². The van der Waals surface area contributed by atoms with Crippen molar-refractivity contribution in [2.45, 2.75) is 39.0 Å². The number of hydrogen-bond acceptors (Lipinski definition) is 2. The van der Waals surface area contributed by atoms with Gasteiger partial charge in [-0.05, 0) is 37.5 Å². The lowest BCUT2D eigenvalue weighted by molar-refractivity contribution is -0.130. The molecule has 1 aliphatic heterocycles. The van der Waals surface area contributed by atoms with Gasteiger partial charge in [-0.3, -0.25) is 9.78 Å². The largest absolute Gasteiger partial charge is 0.342 e. The molecule has 120 valence electrons. The Morgan fingerprint density at radius 1 is 1.26 bits per heavy atom. The van der Waals surface area contributed by atoms with E-state index in [1.807, 2.05) is 4.90 Å². The molecule has 1 aromatic heterocycles. The Labute approximate surface area is 138 Å². The van der Waals surface area contributed by atoms with Gasteiger partial charge in [0.1, 0.15) is 0 Å². The van der Waals surface area contributed by atoms with E-state index in [1.165, 1.54) is 11.1 Å². The van der Waals surface area contributed by atoms with Gasteiger partial charge < -0.3 is 4.90 Å². The normalized spacial score (nSPS) is 18.0. The monoisotopic (exact) mass is 308 g/mol. The maximum Gasteiger partial charge on any atom is 0.219 e. The Morgan fingerprint density at radius 3 is 2.87 bits per heavy atom. The predicted octanol–water partition coefficient (Wildman–Crippen LogP) is 3.71. The van der Waals surface area contributed by atoms with Gasteiger partial charge in [0.25, 0.3) is 0 Å². The number of nitrogens with zero attached hydrogens (tertiary/aromatic N) is 2. The van der Waals surface area contributed by atoms with Gasteiger partial charge in [0.05, 0.1) is 0 Å². The molecule has 1 atom stereocenters. The molecule has 0 spiro atoms. The summed E-state index contributed by atoms with van der Waals surface area (Å²) in [6, 6.07) is 14.9. The van der Waals surface area contributed by atoms with Crippen molar-refractivity contribution in [1.82, 2.24) is 9.88 Å². The van der Waals surface area contributed by atoms with Gasteiger partial charge in [-0.2, -0.15) is 0 Å². The Morgan fingerprint density at radius 2 is 2.09 bits per heavy atom. The number of carbonyl (C=O) groups is 1. The topological polar surface area (TPSA) is 33.2 Å². The molecular weight excluding hydrogens is 284 g/mol. The summed E-state index contributed by atoms with van der Waals surface area (Å²) >= 11 is 0. The molecule has 3 rings (SSSR count). The second-order valence-corrected chi connectivity index (χ2v) is 6.52. The molecule has 0 radical (unpaired) electrons. The third-order valence-corrected chi connectivity index (χ3v) is 4.58. The fraction of sp³-hybridized carbons (Fsp3) is 0.400. The minimum Gasteiger partial charge on any atom is -0.342 e. The number of carbonyl (C=O) groups excluding carboxylic acids is 1. The van der Waals surface area contributed by atoms with Crippen molar-refractivity contribution in [2.75, 3.05) is 13.1 Å². The van der Waals surface area contributed by atoms with Crippen LogP contribution in [0, 0.1) is 6.92 Å². The molecule has 0 N–H and O–H groups in total. The van der Waals surface area contributed by atoms with Crippen LogP contribution >= 0.6 is 0 Å². The molecule has 0 bridgehead atoms. The number of pyridine rings is 1. The molecule has 1 aromatic carbocycles. The third-order valence-electron chi connectivity index (χ3n) is 4.58. The van der Waals surface area contributed by atoms with Gasteiger partial charge in [-0.25, -0.2) is 0 Å². The van der Waals surface area contributed by atoms with Gasteiger partial charge in [-0.1, -0.05) is 35.9 Å². The van der Waals surface area contributed by atoms with Gasteiger partial charge >= 0.3 is 0 Å². The highest BCUT2D eigenvalue weighted by atomic mass is 16.2. The lowest BCUT2D eigenvalue weighted by atomic mass is 9.94. The summed E-state index contributed by atoms with van der Waals surface area (Å²) in [6.45, 7) is 5.46. The number of rotatable bonds is 3. The van der Waals surface area contributed by atoms with Gasteiger partial charge in [0.15, 0.2) is 0 Å². The van der Waals surface area contributed by atoms with E-state index in [9.17, 15) is 4.79 Å². The number of aromatic nitrogens is 1. The first-order chi connectivity index (χ1) is 11.1. The molecule has 0 saturated carbocycles. The van der Waals surface area contributed by atoms with Gasteiger partial charge in [0, 0.05) is 43.7 Å². The lowest BCUT2D eigenvalue weighted by Crippen LogP contribution is -2.37. The van der Waals surface area contributed by atoms with Crippen LogP contribution in [0.2, 0.25) is 0 Å². The highest BCUT2D eigenvalue weighted by Gasteiger charge is 2.23. The molecule has 0 aliphatic carbocycles. The van der Waals surface area contributed by atoms with E-state index in [0.29, 0.717) is 5.92 Å². The summed E-state index contributed by atoms with van der Waals surface area (Å²) in [7, 11) is 0. The van der Waals surface area contributed by atoms with Crippen LogP contribution in [0.15, 0.2) is 42.5 Å². The number of hydrogen-bond donors (Lipinski definition) is 0. The Balaban J connectivity index is 1.75. The molecule has 23 heavy (non-hydrogen) atoms. The van der Waals surface area contributed by atoms with Crippen LogP contribution in [0.3, 0.4) is 0 Å². The van der Waals surface area contributed by atoms with E-state index in [4.69, 9.17) is 4.98 Å². The summed E-state index contributed by atoms with van der Waals surface area (Å²) in [5, 5.41) is 0. The van der Waals surface area contributed by atoms with E-state index in [-0.39, 0.29) is 5.91 Å². The lowest BCUT2D eigenvalue weighted by Gasteiger charge is -2.31. The zero-order chi connectivity index (χ0) is 16.2. The van der Waals surface area contributed by atoms with Crippen LogP contribution < -0.4 is 0 Å². The second kappa shape index (κ2) is 6.95. The molecule has 1 fully saturated rings. The fourth-order valence-corrected chi connectivity index (χ4v) is 3.36. The molecule has 0 unspecified atom stereocenters. The molecule has 2 heterocycles. The van der Waals surface area contributed by atoms with Crippen molar-refractivity contribution in [3.63, 3.8) is 0 Å². The van der Waals surface area contributed by atoms with Crippen molar-refractivity contribution in [3.05, 3.63) is 65.0 Å². The Kier molecular flexibility index (Phi) is 4.75. The highest BCUT2D eigenvalue weighted by molar-refractivity contribution is 5.73. The SMILES string of the molecule is CC(=O)N1CCC[C@@H](c2cccc(Cc3cccc(C)c3)n2)C1. The molecule has 1 amide bonds. The number of aryl methyl sites for hydroxylation is 1. The molecule has 1 aliphatic rings. The maximum atomic E-state index is 11.6. The first-order valence-electron chi connectivity index (χ1n) is 8.39. The Hall–Kier alpha value is -2.16.